The lowest BCUT2D eigenvalue weighted by Crippen LogP contribution is -2.47. The van der Waals surface area contributed by atoms with Crippen LogP contribution in [0.15, 0.2) is 23.2 Å². The molecule has 0 spiro atoms. The van der Waals surface area contributed by atoms with E-state index in [2.05, 4.69) is 20.9 Å². The molecule has 164 valence electrons. The molecular weight excluding hydrogens is 505 g/mol. The molecule has 1 aliphatic rings. The van der Waals surface area contributed by atoms with Crippen molar-refractivity contribution in [2.24, 2.45) is 4.99 Å². The summed E-state index contributed by atoms with van der Waals surface area (Å²) in [4.78, 5) is 17.4. The number of carbonyl (C=O) groups excluding carboxylic acids is 1. The van der Waals surface area contributed by atoms with Gasteiger partial charge < -0.3 is 16.0 Å². The molecule has 1 saturated heterocycles. The summed E-state index contributed by atoms with van der Waals surface area (Å²) >= 11 is 0. The van der Waals surface area contributed by atoms with Crippen LogP contribution in [0.25, 0.3) is 0 Å². The van der Waals surface area contributed by atoms with Crippen molar-refractivity contribution in [2.75, 3.05) is 39.8 Å². The van der Waals surface area contributed by atoms with E-state index in [0.717, 1.165) is 0 Å². The molecule has 1 unspecified atom stereocenters. The molecule has 6 nitrogen and oxygen atoms in total. The van der Waals surface area contributed by atoms with Crippen LogP contribution >= 0.6 is 24.0 Å². The third-order valence-electron chi connectivity index (χ3n) is 4.38. The van der Waals surface area contributed by atoms with Crippen LogP contribution in [0.1, 0.15) is 22.3 Å². The minimum Gasteiger partial charge on any atom is -0.355 e. The van der Waals surface area contributed by atoms with E-state index in [9.17, 15) is 22.4 Å². The molecule has 0 aromatic heterocycles. The number of nitrogens with one attached hydrogen (secondary N) is 3. The zero-order valence-electron chi connectivity index (χ0n) is 16.3. The molecule has 2 rings (SSSR count). The van der Waals surface area contributed by atoms with Crippen molar-refractivity contribution < 1.29 is 22.4 Å². The molecule has 11 heteroatoms. The number of halogens is 5. The van der Waals surface area contributed by atoms with Gasteiger partial charge in [-0.3, -0.25) is 14.7 Å². The summed E-state index contributed by atoms with van der Waals surface area (Å²) < 4.78 is 50.8. The summed E-state index contributed by atoms with van der Waals surface area (Å²) in [7, 11) is 1.56. The minimum absolute atomic E-state index is 0. The smallest absolute Gasteiger partial charge is 0.355 e. The largest absolute Gasteiger partial charge is 0.401 e. The average molecular weight is 531 g/mol. The molecule has 1 aromatic rings. The molecular formula is C18H26F4IN5O. The number of aryl methyl sites for hydroxylation is 1. The fourth-order valence-corrected chi connectivity index (χ4v) is 2.93. The van der Waals surface area contributed by atoms with Crippen molar-refractivity contribution in [1.29, 1.82) is 0 Å². The van der Waals surface area contributed by atoms with E-state index in [1.807, 2.05) is 0 Å². The minimum atomic E-state index is -4.20. The van der Waals surface area contributed by atoms with Gasteiger partial charge in [0.05, 0.1) is 6.54 Å². The molecule has 1 heterocycles. The molecule has 3 N–H and O–H groups in total. The highest BCUT2D eigenvalue weighted by atomic mass is 127. The van der Waals surface area contributed by atoms with Crippen LogP contribution in [0.2, 0.25) is 0 Å². The number of amides is 1. The van der Waals surface area contributed by atoms with Crippen LogP contribution in [0.4, 0.5) is 17.6 Å². The van der Waals surface area contributed by atoms with Crippen LogP contribution in [0, 0.1) is 12.7 Å². The molecule has 0 bridgehead atoms. The first kappa shape index (κ1) is 25.4. The maximum absolute atomic E-state index is 13.5. The van der Waals surface area contributed by atoms with Crippen molar-refractivity contribution in [3.63, 3.8) is 0 Å². The predicted molar refractivity (Wildman–Crippen MR) is 114 cm³/mol. The summed E-state index contributed by atoms with van der Waals surface area (Å²) in [6, 6.07) is 4.15. The molecule has 0 aliphatic carbocycles. The zero-order valence-corrected chi connectivity index (χ0v) is 18.6. The van der Waals surface area contributed by atoms with Gasteiger partial charge in [0.25, 0.3) is 5.91 Å². The van der Waals surface area contributed by atoms with Gasteiger partial charge in [0.1, 0.15) is 5.82 Å². The molecule has 0 saturated carbocycles. The molecule has 1 fully saturated rings. The first-order valence-corrected chi connectivity index (χ1v) is 8.98. The van der Waals surface area contributed by atoms with Gasteiger partial charge in [0.15, 0.2) is 5.96 Å². The van der Waals surface area contributed by atoms with Crippen LogP contribution in [-0.2, 0) is 0 Å². The number of benzene rings is 1. The molecule has 29 heavy (non-hydrogen) atoms. The lowest BCUT2D eigenvalue weighted by atomic mass is 10.1. The van der Waals surface area contributed by atoms with Gasteiger partial charge in [0, 0.05) is 44.8 Å². The second-order valence-electron chi connectivity index (χ2n) is 6.70. The summed E-state index contributed by atoms with van der Waals surface area (Å²) in [6.45, 7) is 2.00. The second-order valence-corrected chi connectivity index (χ2v) is 6.70. The van der Waals surface area contributed by atoms with E-state index >= 15 is 0 Å². The number of carbonyl (C=O) groups is 1. The Kier molecular flexibility index (Phi) is 10.1. The summed E-state index contributed by atoms with van der Waals surface area (Å²) in [5.74, 6) is -0.372. The molecule has 1 aromatic carbocycles. The Morgan fingerprint density at radius 2 is 1.97 bits per heavy atom. The van der Waals surface area contributed by atoms with Crippen molar-refractivity contribution in [2.45, 2.75) is 25.6 Å². The highest BCUT2D eigenvalue weighted by Crippen LogP contribution is 2.19. The monoisotopic (exact) mass is 531 g/mol. The van der Waals surface area contributed by atoms with Crippen molar-refractivity contribution in [3.8, 4) is 0 Å². The van der Waals surface area contributed by atoms with Gasteiger partial charge in [-0.2, -0.15) is 13.2 Å². The van der Waals surface area contributed by atoms with Crippen LogP contribution in [-0.4, -0.2) is 68.8 Å². The first-order valence-electron chi connectivity index (χ1n) is 8.98. The maximum Gasteiger partial charge on any atom is 0.401 e. The highest BCUT2D eigenvalue weighted by Gasteiger charge is 2.34. The Balaban J connectivity index is 0.00000420. The zero-order chi connectivity index (χ0) is 20.7. The summed E-state index contributed by atoms with van der Waals surface area (Å²) in [6.07, 6.45) is -3.61. The number of aliphatic imine (C=N–C) groups is 1. The number of alkyl halides is 3. The van der Waals surface area contributed by atoms with E-state index in [0.29, 0.717) is 31.0 Å². The van der Waals surface area contributed by atoms with Crippen molar-refractivity contribution in [1.82, 2.24) is 20.9 Å². The lowest BCUT2D eigenvalue weighted by Gasteiger charge is -2.19. The van der Waals surface area contributed by atoms with Crippen LogP contribution in [0.5, 0.6) is 0 Å². The Morgan fingerprint density at radius 1 is 1.28 bits per heavy atom. The standard InChI is InChI=1S/C18H25F4N5O.HI/c1-12-3-4-13(9-15(12)19)16(28)24-6-7-25-17(23-2)26-14-5-8-27(10-14)11-18(20,21)22;/h3-4,9,14H,5-8,10-11H2,1-2H3,(H,24,28)(H2,23,25,26);1H. The number of nitrogens with zero attached hydrogens (tertiary/aromatic N) is 2. The topological polar surface area (TPSA) is 68.8 Å². The predicted octanol–water partition coefficient (Wildman–Crippen LogP) is 2.28. The average Bonchev–Trinajstić information content (AvgIpc) is 3.04. The van der Waals surface area contributed by atoms with E-state index in [4.69, 9.17) is 0 Å². The van der Waals surface area contributed by atoms with E-state index < -0.39 is 18.5 Å². The Hall–Kier alpha value is -1.63. The molecule has 0 radical (unpaired) electrons. The fourth-order valence-electron chi connectivity index (χ4n) is 2.93. The third-order valence-corrected chi connectivity index (χ3v) is 4.38. The number of rotatable bonds is 6. The number of likely N-dealkylation sites (tertiary alicyclic amines) is 1. The van der Waals surface area contributed by atoms with E-state index in [1.54, 1.807) is 20.0 Å². The molecule has 1 atom stereocenters. The van der Waals surface area contributed by atoms with E-state index in [-0.39, 0.29) is 54.6 Å². The SMILES string of the molecule is CN=C(NCCNC(=O)c1ccc(C)c(F)c1)NC1CCN(CC(F)(F)F)C1.I. The summed E-state index contributed by atoms with van der Waals surface area (Å²) in [5, 5.41) is 8.75. The second kappa shape index (κ2) is 11.5. The highest BCUT2D eigenvalue weighted by molar-refractivity contribution is 14.0. The van der Waals surface area contributed by atoms with E-state index in [1.165, 1.54) is 17.0 Å². The maximum atomic E-state index is 13.5. The fraction of sp³-hybridized carbons (Fsp3) is 0.556. The van der Waals surface area contributed by atoms with Gasteiger partial charge in [0.2, 0.25) is 0 Å². The molecule has 1 aliphatic heterocycles. The van der Waals surface area contributed by atoms with Gasteiger partial charge in [-0.15, -0.1) is 24.0 Å². The molecule has 1 amide bonds. The van der Waals surface area contributed by atoms with Crippen molar-refractivity contribution in [3.05, 3.63) is 35.1 Å². The number of hydrogen-bond donors (Lipinski definition) is 3. The third kappa shape index (κ3) is 8.72. The van der Waals surface area contributed by atoms with Gasteiger partial charge in [-0.25, -0.2) is 4.39 Å². The lowest BCUT2D eigenvalue weighted by molar-refractivity contribution is -0.143. The van der Waals surface area contributed by atoms with Crippen molar-refractivity contribution >= 4 is 35.8 Å². The summed E-state index contributed by atoms with van der Waals surface area (Å²) in [5.41, 5.74) is 0.704. The first-order chi connectivity index (χ1) is 13.2. The van der Waals surface area contributed by atoms with Gasteiger partial charge in [-0.05, 0) is 31.0 Å². The number of hydrogen-bond acceptors (Lipinski definition) is 3. The normalized spacial score (nSPS) is 17.6. The Labute approximate surface area is 184 Å². The van der Waals surface area contributed by atoms with Gasteiger partial charge in [-0.1, -0.05) is 6.07 Å². The number of guanidine groups is 1. The Morgan fingerprint density at radius 3 is 2.59 bits per heavy atom. The Bertz CT molecular complexity index is 714. The van der Waals surface area contributed by atoms with Crippen LogP contribution < -0.4 is 16.0 Å². The van der Waals surface area contributed by atoms with Crippen LogP contribution in [0.3, 0.4) is 0 Å². The quantitative estimate of drug-likeness (QED) is 0.173. The van der Waals surface area contributed by atoms with Gasteiger partial charge >= 0.3 is 6.18 Å².